The highest BCUT2D eigenvalue weighted by Gasteiger charge is 2.26. The fraction of sp³-hybridized carbons (Fsp3) is 1.00. The van der Waals surface area contributed by atoms with Gasteiger partial charge in [0.1, 0.15) is 0 Å². The number of hydrogen-bond acceptors (Lipinski definition) is 3. The average molecular weight is 144 g/mol. The minimum atomic E-state index is -0.324. The van der Waals surface area contributed by atoms with Crippen LogP contribution in [0.3, 0.4) is 0 Å². The van der Waals surface area contributed by atoms with E-state index in [1.165, 1.54) is 0 Å². The Hall–Kier alpha value is -0.120. The fourth-order valence-corrected chi connectivity index (χ4v) is 1.36. The maximum atomic E-state index is 9.50. The number of aliphatic hydroxyl groups excluding tert-OH is 1. The van der Waals surface area contributed by atoms with Crippen molar-refractivity contribution in [1.82, 2.24) is 9.80 Å². The summed E-state index contributed by atoms with van der Waals surface area (Å²) in [5.74, 6) is 0. The van der Waals surface area contributed by atoms with Gasteiger partial charge in [0.15, 0.2) is 6.35 Å². The van der Waals surface area contributed by atoms with Gasteiger partial charge in [0.2, 0.25) is 0 Å². The van der Waals surface area contributed by atoms with Gasteiger partial charge in [-0.25, -0.2) is 0 Å². The SMILES string of the molecule is CCN1CCN(CC)C1O. The minimum absolute atomic E-state index is 0.324. The van der Waals surface area contributed by atoms with Gasteiger partial charge in [-0.05, 0) is 13.1 Å². The summed E-state index contributed by atoms with van der Waals surface area (Å²) in [5, 5.41) is 9.50. The van der Waals surface area contributed by atoms with Gasteiger partial charge in [0.05, 0.1) is 0 Å². The predicted molar refractivity (Wildman–Crippen MR) is 40.5 cm³/mol. The summed E-state index contributed by atoms with van der Waals surface area (Å²) in [5.41, 5.74) is 0. The first-order chi connectivity index (χ1) is 4.79. The highest BCUT2D eigenvalue weighted by atomic mass is 16.3. The van der Waals surface area contributed by atoms with E-state index in [-0.39, 0.29) is 6.35 Å². The van der Waals surface area contributed by atoms with Crippen LogP contribution in [-0.2, 0) is 0 Å². The molecule has 1 saturated heterocycles. The monoisotopic (exact) mass is 144 g/mol. The summed E-state index contributed by atoms with van der Waals surface area (Å²) >= 11 is 0. The minimum Gasteiger partial charge on any atom is -0.365 e. The molecule has 0 unspecified atom stereocenters. The standard InChI is InChI=1S/C7H16N2O/c1-3-8-5-6-9(4-2)7(8)10/h7,10H,3-6H2,1-2H3. The molecular formula is C7H16N2O. The van der Waals surface area contributed by atoms with E-state index in [0.717, 1.165) is 26.2 Å². The Labute approximate surface area is 62.2 Å². The van der Waals surface area contributed by atoms with E-state index in [4.69, 9.17) is 0 Å². The van der Waals surface area contributed by atoms with E-state index in [2.05, 4.69) is 23.6 Å². The lowest BCUT2D eigenvalue weighted by Crippen LogP contribution is -2.38. The molecule has 1 aliphatic rings. The van der Waals surface area contributed by atoms with E-state index < -0.39 is 0 Å². The summed E-state index contributed by atoms with van der Waals surface area (Å²) in [6, 6.07) is 0. The van der Waals surface area contributed by atoms with Gasteiger partial charge in [-0.3, -0.25) is 9.80 Å². The molecular weight excluding hydrogens is 128 g/mol. The Morgan fingerprint density at radius 2 is 1.60 bits per heavy atom. The number of hydrogen-bond donors (Lipinski definition) is 1. The molecule has 0 spiro atoms. The van der Waals surface area contributed by atoms with Gasteiger partial charge in [-0.1, -0.05) is 13.8 Å². The van der Waals surface area contributed by atoms with Crippen molar-refractivity contribution >= 4 is 0 Å². The van der Waals surface area contributed by atoms with Crippen molar-refractivity contribution in [2.75, 3.05) is 26.2 Å². The molecule has 1 heterocycles. The maximum absolute atomic E-state index is 9.50. The Morgan fingerprint density at radius 3 is 1.80 bits per heavy atom. The van der Waals surface area contributed by atoms with Crippen molar-refractivity contribution in [3.8, 4) is 0 Å². The van der Waals surface area contributed by atoms with Gasteiger partial charge in [0.25, 0.3) is 0 Å². The molecule has 0 saturated carbocycles. The molecule has 60 valence electrons. The highest BCUT2D eigenvalue weighted by molar-refractivity contribution is 4.72. The molecule has 1 N–H and O–H groups in total. The molecule has 0 bridgehead atoms. The zero-order valence-electron chi connectivity index (χ0n) is 6.75. The Morgan fingerprint density at radius 1 is 1.20 bits per heavy atom. The van der Waals surface area contributed by atoms with Gasteiger partial charge < -0.3 is 5.11 Å². The van der Waals surface area contributed by atoms with Crippen LogP contribution in [-0.4, -0.2) is 47.4 Å². The molecule has 3 heteroatoms. The second-order valence-electron chi connectivity index (χ2n) is 2.60. The highest BCUT2D eigenvalue weighted by Crippen LogP contribution is 2.09. The smallest absolute Gasteiger partial charge is 0.165 e. The van der Waals surface area contributed by atoms with Gasteiger partial charge >= 0.3 is 0 Å². The lowest BCUT2D eigenvalue weighted by atomic mass is 10.6. The summed E-state index contributed by atoms with van der Waals surface area (Å²) in [6.07, 6.45) is -0.324. The van der Waals surface area contributed by atoms with Crippen LogP contribution in [0.25, 0.3) is 0 Å². The first-order valence-electron chi connectivity index (χ1n) is 3.95. The molecule has 0 aliphatic carbocycles. The zero-order valence-corrected chi connectivity index (χ0v) is 6.75. The van der Waals surface area contributed by atoms with Crippen molar-refractivity contribution in [1.29, 1.82) is 0 Å². The van der Waals surface area contributed by atoms with Crippen LogP contribution >= 0.6 is 0 Å². The Balaban J connectivity index is 2.41. The lowest BCUT2D eigenvalue weighted by Gasteiger charge is -2.22. The van der Waals surface area contributed by atoms with E-state index in [9.17, 15) is 5.11 Å². The molecule has 0 aromatic rings. The van der Waals surface area contributed by atoms with Crippen molar-refractivity contribution in [2.24, 2.45) is 0 Å². The Kier molecular flexibility index (Phi) is 2.65. The van der Waals surface area contributed by atoms with Crippen LogP contribution in [0, 0.1) is 0 Å². The van der Waals surface area contributed by atoms with Crippen LogP contribution < -0.4 is 0 Å². The molecule has 0 radical (unpaired) electrons. The van der Waals surface area contributed by atoms with E-state index >= 15 is 0 Å². The topological polar surface area (TPSA) is 26.7 Å². The summed E-state index contributed by atoms with van der Waals surface area (Å²) in [6.45, 7) is 8.04. The third kappa shape index (κ3) is 1.31. The third-order valence-electron chi connectivity index (χ3n) is 2.14. The predicted octanol–water partition coefficient (Wildman–Crippen LogP) is -0.0803. The van der Waals surface area contributed by atoms with Crippen LogP contribution in [0.2, 0.25) is 0 Å². The summed E-state index contributed by atoms with van der Waals surface area (Å²) < 4.78 is 0. The molecule has 0 aromatic heterocycles. The van der Waals surface area contributed by atoms with E-state index in [1.54, 1.807) is 0 Å². The van der Waals surface area contributed by atoms with Crippen LogP contribution in [0.5, 0.6) is 0 Å². The molecule has 0 atom stereocenters. The van der Waals surface area contributed by atoms with Gasteiger partial charge in [0, 0.05) is 13.1 Å². The molecule has 10 heavy (non-hydrogen) atoms. The third-order valence-corrected chi connectivity index (χ3v) is 2.14. The normalized spacial score (nSPS) is 24.3. The molecule has 0 aromatic carbocycles. The number of likely N-dealkylation sites (N-methyl/N-ethyl adjacent to an activating group) is 2. The van der Waals surface area contributed by atoms with Crippen molar-refractivity contribution in [2.45, 2.75) is 20.2 Å². The van der Waals surface area contributed by atoms with Crippen molar-refractivity contribution in [3.05, 3.63) is 0 Å². The molecule has 3 nitrogen and oxygen atoms in total. The van der Waals surface area contributed by atoms with E-state index in [0.29, 0.717) is 0 Å². The Bertz CT molecular complexity index is 95.8. The number of rotatable bonds is 2. The molecule has 1 fully saturated rings. The van der Waals surface area contributed by atoms with Crippen LogP contribution in [0.4, 0.5) is 0 Å². The first kappa shape index (κ1) is 7.98. The maximum Gasteiger partial charge on any atom is 0.165 e. The lowest BCUT2D eigenvalue weighted by molar-refractivity contribution is -0.0525. The first-order valence-corrected chi connectivity index (χ1v) is 3.95. The van der Waals surface area contributed by atoms with Gasteiger partial charge in [-0.15, -0.1) is 0 Å². The second kappa shape index (κ2) is 3.32. The molecule has 0 amide bonds. The number of nitrogens with zero attached hydrogens (tertiary/aromatic N) is 2. The number of aliphatic hydroxyl groups is 1. The zero-order chi connectivity index (χ0) is 7.56. The van der Waals surface area contributed by atoms with E-state index in [1.807, 2.05) is 0 Å². The fourth-order valence-electron chi connectivity index (χ4n) is 1.36. The second-order valence-corrected chi connectivity index (χ2v) is 2.60. The average Bonchev–Trinajstić information content (AvgIpc) is 2.30. The van der Waals surface area contributed by atoms with Crippen molar-refractivity contribution in [3.63, 3.8) is 0 Å². The van der Waals surface area contributed by atoms with Gasteiger partial charge in [-0.2, -0.15) is 0 Å². The van der Waals surface area contributed by atoms with Crippen molar-refractivity contribution < 1.29 is 5.11 Å². The quantitative estimate of drug-likeness (QED) is 0.587. The van der Waals surface area contributed by atoms with Crippen LogP contribution in [0.1, 0.15) is 13.8 Å². The van der Waals surface area contributed by atoms with Crippen LogP contribution in [0.15, 0.2) is 0 Å². The summed E-state index contributed by atoms with van der Waals surface area (Å²) in [4.78, 5) is 4.12. The molecule has 1 aliphatic heterocycles. The summed E-state index contributed by atoms with van der Waals surface area (Å²) in [7, 11) is 0. The molecule has 1 rings (SSSR count). The largest absolute Gasteiger partial charge is 0.365 e.